The number of likely N-dealkylation sites (tertiary alicyclic amines) is 1. The zero-order valence-electron chi connectivity index (χ0n) is 10.1. The first-order chi connectivity index (χ1) is 7.81. The van der Waals surface area contributed by atoms with Crippen molar-refractivity contribution in [3.63, 3.8) is 0 Å². The van der Waals surface area contributed by atoms with Crippen LogP contribution in [0, 0.1) is 0 Å². The number of anilines is 1. The van der Waals surface area contributed by atoms with Gasteiger partial charge in [0.2, 0.25) is 0 Å². The fourth-order valence-corrected chi connectivity index (χ4v) is 2.26. The van der Waals surface area contributed by atoms with Gasteiger partial charge in [-0.05, 0) is 38.6 Å². The van der Waals surface area contributed by atoms with Crippen molar-refractivity contribution in [2.24, 2.45) is 0 Å². The zero-order valence-corrected chi connectivity index (χ0v) is 10.1. The molecule has 1 heterocycles. The van der Waals surface area contributed by atoms with Crippen LogP contribution in [-0.4, -0.2) is 38.2 Å². The Kier molecular flexibility index (Phi) is 3.67. The average molecular weight is 220 g/mol. The van der Waals surface area contributed by atoms with E-state index in [-0.39, 0.29) is 0 Å². The van der Waals surface area contributed by atoms with Crippen LogP contribution < -0.4 is 10.1 Å². The summed E-state index contributed by atoms with van der Waals surface area (Å²) in [6.07, 6.45) is 2.60. The lowest BCUT2D eigenvalue weighted by Gasteiger charge is -2.21. The van der Waals surface area contributed by atoms with E-state index in [1.54, 1.807) is 7.11 Å². The van der Waals surface area contributed by atoms with Crippen LogP contribution >= 0.6 is 0 Å². The Hall–Kier alpha value is -1.22. The Morgan fingerprint density at radius 2 is 2.25 bits per heavy atom. The van der Waals surface area contributed by atoms with Gasteiger partial charge in [-0.3, -0.25) is 0 Å². The average Bonchev–Trinajstić information content (AvgIpc) is 2.72. The second kappa shape index (κ2) is 5.21. The van der Waals surface area contributed by atoms with Crippen LogP contribution in [0.3, 0.4) is 0 Å². The lowest BCUT2D eigenvalue weighted by atomic mass is 10.2. The number of methoxy groups -OCH3 is 1. The fourth-order valence-electron chi connectivity index (χ4n) is 2.26. The SMILES string of the molecule is COc1ccccc1NCC1CCCN1C. The van der Waals surface area contributed by atoms with Gasteiger partial charge < -0.3 is 15.0 Å². The smallest absolute Gasteiger partial charge is 0.141 e. The molecule has 1 aliphatic heterocycles. The standard InChI is InChI=1S/C13H20N2O/c1-15-9-5-6-11(15)10-14-12-7-3-4-8-13(12)16-2/h3-4,7-8,11,14H,5-6,9-10H2,1-2H3. The monoisotopic (exact) mass is 220 g/mol. The molecular weight excluding hydrogens is 200 g/mol. The second-order valence-electron chi connectivity index (χ2n) is 4.36. The van der Waals surface area contributed by atoms with Crippen LogP contribution in [-0.2, 0) is 0 Å². The number of benzene rings is 1. The molecule has 0 spiro atoms. The van der Waals surface area contributed by atoms with E-state index in [9.17, 15) is 0 Å². The van der Waals surface area contributed by atoms with Gasteiger partial charge in [0.05, 0.1) is 12.8 Å². The molecule has 1 aromatic carbocycles. The first kappa shape index (κ1) is 11.3. The maximum Gasteiger partial charge on any atom is 0.141 e. The van der Waals surface area contributed by atoms with Gasteiger partial charge in [0, 0.05) is 12.6 Å². The second-order valence-corrected chi connectivity index (χ2v) is 4.36. The quantitative estimate of drug-likeness (QED) is 0.842. The third-order valence-electron chi connectivity index (χ3n) is 3.31. The van der Waals surface area contributed by atoms with Crippen LogP contribution in [0.25, 0.3) is 0 Å². The van der Waals surface area contributed by atoms with Crippen molar-refractivity contribution in [1.82, 2.24) is 4.90 Å². The van der Waals surface area contributed by atoms with Crippen LogP contribution in [0.1, 0.15) is 12.8 Å². The molecule has 16 heavy (non-hydrogen) atoms. The number of likely N-dealkylation sites (N-methyl/N-ethyl adjacent to an activating group) is 1. The Bertz CT molecular complexity index is 340. The summed E-state index contributed by atoms with van der Waals surface area (Å²) in [5, 5.41) is 3.47. The van der Waals surface area contributed by atoms with E-state index in [1.165, 1.54) is 19.4 Å². The third kappa shape index (κ3) is 2.47. The van der Waals surface area contributed by atoms with Gasteiger partial charge in [0.1, 0.15) is 5.75 Å². The lowest BCUT2D eigenvalue weighted by molar-refractivity contribution is 0.322. The molecule has 88 valence electrons. The van der Waals surface area contributed by atoms with Crippen molar-refractivity contribution < 1.29 is 4.74 Å². The van der Waals surface area contributed by atoms with Crippen molar-refractivity contribution in [3.05, 3.63) is 24.3 Å². The van der Waals surface area contributed by atoms with Gasteiger partial charge in [-0.25, -0.2) is 0 Å². The molecule has 1 N–H and O–H groups in total. The van der Waals surface area contributed by atoms with Crippen molar-refractivity contribution >= 4 is 5.69 Å². The minimum Gasteiger partial charge on any atom is -0.495 e. The molecule has 0 amide bonds. The molecule has 0 saturated carbocycles. The summed E-state index contributed by atoms with van der Waals surface area (Å²) in [5.41, 5.74) is 1.09. The lowest BCUT2D eigenvalue weighted by Crippen LogP contribution is -2.31. The molecule has 1 saturated heterocycles. The van der Waals surface area contributed by atoms with Gasteiger partial charge in [0.25, 0.3) is 0 Å². The molecule has 0 aliphatic carbocycles. The molecular formula is C13H20N2O. The predicted octanol–water partition coefficient (Wildman–Crippen LogP) is 2.20. The Morgan fingerprint density at radius 1 is 1.44 bits per heavy atom. The molecule has 3 nitrogen and oxygen atoms in total. The molecule has 1 aromatic rings. The number of hydrogen-bond acceptors (Lipinski definition) is 3. The third-order valence-corrected chi connectivity index (χ3v) is 3.31. The first-order valence-electron chi connectivity index (χ1n) is 5.88. The Balaban J connectivity index is 1.93. The Morgan fingerprint density at radius 3 is 2.94 bits per heavy atom. The van der Waals surface area contributed by atoms with E-state index >= 15 is 0 Å². The van der Waals surface area contributed by atoms with Gasteiger partial charge in [-0.2, -0.15) is 0 Å². The summed E-state index contributed by atoms with van der Waals surface area (Å²) in [4.78, 5) is 2.42. The van der Waals surface area contributed by atoms with Gasteiger partial charge in [0.15, 0.2) is 0 Å². The highest BCUT2D eigenvalue weighted by Gasteiger charge is 2.20. The maximum absolute atomic E-state index is 5.31. The number of nitrogens with one attached hydrogen (secondary N) is 1. The summed E-state index contributed by atoms with van der Waals surface area (Å²) in [7, 11) is 3.91. The number of para-hydroxylation sites is 2. The predicted molar refractivity (Wildman–Crippen MR) is 67.1 cm³/mol. The van der Waals surface area contributed by atoms with E-state index < -0.39 is 0 Å². The summed E-state index contributed by atoms with van der Waals surface area (Å²) < 4.78 is 5.31. The molecule has 2 rings (SSSR count). The van der Waals surface area contributed by atoms with E-state index in [0.29, 0.717) is 6.04 Å². The molecule has 3 heteroatoms. The van der Waals surface area contributed by atoms with Crippen LogP contribution in [0.15, 0.2) is 24.3 Å². The highest BCUT2D eigenvalue weighted by Crippen LogP contribution is 2.24. The maximum atomic E-state index is 5.31. The van der Waals surface area contributed by atoms with Crippen LogP contribution in [0.2, 0.25) is 0 Å². The topological polar surface area (TPSA) is 24.5 Å². The van der Waals surface area contributed by atoms with E-state index in [0.717, 1.165) is 18.0 Å². The molecule has 1 fully saturated rings. The molecule has 0 aromatic heterocycles. The fraction of sp³-hybridized carbons (Fsp3) is 0.538. The van der Waals surface area contributed by atoms with Crippen LogP contribution in [0.4, 0.5) is 5.69 Å². The van der Waals surface area contributed by atoms with Crippen molar-refractivity contribution in [3.8, 4) is 5.75 Å². The zero-order chi connectivity index (χ0) is 11.4. The number of ether oxygens (including phenoxy) is 1. The van der Waals surface area contributed by atoms with Crippen molar-refractivity contribution in [1.29, 1.82) is 0 Å². The van der Waals surface area contributed by atoms with E-state index in [4.69, 9.17) is 4.74 Å². The van der Waals surface area contributed by atoms with Crippen LogP contribution in [0.5, 0.6) is 5.75 Å². The number of nitrogens with zero attached hydrogens (tertiary/aromatic N) is 1. The molecule has 0 bridgehead atoms. The largest absolute Gasteiger partial charge is 0.495 e. The molecule has 1 aliphatic rings. The molecule has 1 unspecified atom stereocenters. The number of hydrogen-bond donors (Lipinski definition) is 1. The molecule has 1 atom stereocenters. The summed E-state index contributed by atoms with van der Waals surface area (Å²) >= 11 is 0. The number of rotatable bonds is 4. The summed E-state index contributed by atoms with van der Waals surface area (Å²) in [6.45, 7) is 2.22. The van der Waals surface area contributed by atoms with E-state index in [1.807, 2.05) is 18.2 Å². The summed E-state index contributed by atoms with van der Waals surface area (Å²) in [6, 6.07) is 8.73. The van der Waals surface area contributed by atoms with Gasteiger partial charge in [-0.1, -0.05) is 12.1 Å². The molecule has 0 radical (unpaired) electrons. The van der Waals surface area contributed by atoms with Gasteiger partial charge in [-0.15, -0.1) is 0 Å². The first-order valence-corrected chi connectivity index (χ1v) is 5.88. The van der Waals surface area contributed by atoms with E-state index in [2.05, 4.69) is 23.3 Å². The minimum absolute atomic E-state index is 0.657. The highest BCUT2D eigenvalue weighted by molar-refractivity contribution is 5.56. The summed E-state index contributed by atoms with van der Waals surface area (Å²) in [5.74, 6) is 0.920. The normalized spacial score (nSPS) is 21.0. The Labute approximate surface area is 97.4 Å². The van der Waals surface area contributed by atoms with Crippen molar-refractivity contribution in [2.45, 2.75) is 18.9 Å². The highest BCUT2D eigenvalue weighted by atomic mass is 16.5. The minimum atomic E-state index is 0.657. The van der Waals surface area contributed by atoms with Crippen molar-refractivity contribution in [2.75, 3.05) is 32.6 Å². The van der Waals surface area contributed by atoms with Gasteiger partial charge >= 0.3 is 0 Å².